The number of carboxylic acid groups (broad SMARTS) is 1. The van der Waals surface area contributed by atoms with Gasteiger partial charge in [0.15, 0.2) is 0 Å². The van der Waals surface area contributed by atoms with E-state index in [0.29, 0.717) is 6.54 Å². The predicted octanol–water partition coefficient (Wildman–Crippen LogP) is 1.83. The van der Waals surface area contributed by atoms with Gasteiger partial charge in [-0.05, 0) is 25.1 Å². The molecule has 1 amide bonds. The molecule has 0 bridgehead atoms. The molecule has 0 aliphatic carbocycles. The number of carboxylic acids is 1. The van der Waals surface area contributed by atoms with E-state index >= 15 is 0 Å². The van der Waals surface area contributed by atoms with Gasteiger partial charge in [-0.3, -0.25) is 9.59 Å². The maximum atomic E-state index is 13.4. The summed E-state index contributed by atoms with van der Waals surface area (Å²) in [5.74, 6) is -2.70. The summed E-state index contributed by atoms with van der Waals surface area (Å²) in [5, 5.41) is 8.56. The summed E-state index contributed by atoms with van der Waals surface area (Å²) in [6.45, 7) is 2.08. The highest BCUT2D eigenvalue weighted by atomic mass is 19.1. The Labute approximate surface area is 109 Å². The van der Waals surface area contributed by atoms with Crippen molar-refractivity contribution in [1.29, 1.82) is 0 Å². The van der Waals surface area contributed by atoms with Crippen LogP contribution in [0.4, 0.5) is 8.78 Å². The monoisotopic (exact) mass is 271 g/mol. The minimum atomic E-state index is -1.01. The van der Waals surface area contributed by atoms with Crippen molar-refractivity contribution < 1.29 is 23.5 Å². The fraction of sp³-hybridized carbons (Fsp3) is 0.385. The van der Waals surface area contributed by atoms with Crippen LogP contribution < -0.4 is 0 Å². The molecule has 0 saturated heterocycles. The molecule has 1 N–H and O–H groups in total. The van der Waals surface area contributed by atoms with Crippen LogP contribution in [-0.2, 0) is 16.0 Å². The first-order valence-electron chi connectivity index (χ1n) is 5.87. The molecule has 0 aliphatic heterocycles. The Balaban J connectivity index is 2.71. The zero-order valence-corrected chi connectivity index (χ0v) is 10.5. The molecule has 0 radical (unpaired) electrons. The number of likely N-dealkylation sites (N-methyl/N-ethyl adjacent to an activating group) is 1. The zero-order valence-electron chi connectivity index (χ0n) is 10.5. The van der Waals surface area contributed by atoms with Crippen LogP contribution in [0.15, 0.2) is 18.2 Å². The zero-order chi connectivity index (χ0) is 14.4. The molecule has 4 nitrogen and oxygen atoms in total. The standard InChI is InChI=1S/C13H15F2NO3/c1-2-16(6-5-13(18)19)12(17)8-9-7-10(14)3-4-11(9)15/h3-4,7H,2,5-6,8H2,1H3,(H,18,19). The highest BCUT2D eigenvalue weighted by molar-refractivity contribution is 5.79. The van der Waals surface area contributed by atoms with Gasteiger partial charge >= 0.3 is 5.97 Å². The molecule has 0 fully saturated rings. The van der Waals surface area contributed by atoms with Crippen molar-refractivity contribution >= 4 is 11.9 Å². The third-order valence-electron chi connectivity index (χ3n) is 2.68. The fourth-order valence-corrected chi connectivity index (χ4v) is 1.64. The van der Waals surface area contributed by atoms with Crippen molar-refractivity contribution in [2.45, 2.75) is 19.8 Å². The summed E-state index contributed by atoms with van der Waals surface area (Å²) in [7, 11) is 0. The fourth-order valence-electron chi connectivity index (χ4n) is 1.64. The largest absolute Gasteiger partial charge is 0.481 e. The van der Waals surface area contributed by atoms with Crippen LogP contribution in [0.1, 0.15) is 18.9 Å². The van der Waals surface area contributed by atoms with Gasteiger partial charge in [-0.1, -0.05) is 0 Å². The number of nitrogens with zero attached hydrogens (tertiary/aromatic N) is 1. The van der Waals surface area contributed by atoms with Crippen LogP contribution in [0, 0.1) is 11.6 Å². The molecular weight excluding hydrogens is 256 g/mol. The molecule has 19 heavy (non-hydrogen) atoms. The highest BCUT2D eigenvalue weighted by Crippen LogP contribution is 2.11. The maximum Gasteiger partial charge on any atom is 0.305 e. The lowest BCUT2D eigenvalue weighted by molar-refractivity contribution is -0.138. The van der Waals surface area contributed by atoms with E-state index in [0.717, 1.165) is 18.2 Å². The van der Waals surface area contributed by atoms with Crippen molar-refractivity contribution in [2.75, 3.05) is 13.1 Å². The van der Waals surface area contributed by atoms with Crippen molar-refractivity contribution in [2.24, 2.45) is 0 Å². The molecule has 0 heterocycles. The Morgan fingerprint density at radius 1 is 1.32 bits per heavy atom. The van der Waals surface area contributed by atoms with E-state index in [-0.39, 0.29) is 24.9 Å². The van der Waals surface area contributed by atoms with Crippen molar-refractivity contribution in [3.05, 3.63) is 35.4 Å². The summed E-state index contributed by atoms with van der Waals surface area (Å²) in [6.07, 6.45) is -0.456. The van der Waals surface area contributed by atoms with Gasteiger partial charge in [0, 0.05) is 18.7 Å². The minimum absolute atomic E-state index is 0.0289. The lowest BCUT2D eigenvalue weighted by atomic mass is 10.1. The van der Waals surface area contributed by atoms with Gasteiger partial charge in [-0.15, -0.1) is 0 Å². The number of aliphatic carboxylic acids is 1. The maximum absolute atomic E-state index is 13.4. The second-order valence-electron chi connectivity index (χ2n) is 4.03. The van der Waals surface area contributed by atoms with Gasteiger partial charge in [-0.2, -0.15) is 0 Å². The van der Waals surface area contributed by atoms with Gasteiger partial charge in [0.25, 0.3) is 0 Å². The summed E-state index contributed by atoms with van der Waals surface area (Å²) < 4.78 is 26.3. The Morgan fingerprint density at radius 3 is 2.58 bits per heavy atom. The first-order chi connectivity index (χ1) is 8.93. The van der Waals surface area contributed by atoms with E-state index in [9.17, 15) is 18.4 Å². The number of benzene rings is 1. The average Bonchev–Trinajstić information content (AvgIpc) is 2.34. The number of hydrogen-bond donors (Lipinski definition) is 1. The number of rotatable bonds is 6. The average molecular weight is 271 g/mol. The third-order valence-corrected chi connectivity index (χ3v) is 2.68. The van der Waals surface area contributed by atoms with Gasteiger partial charge in [0.05, 0.1) is 12.8 Å². The van der Waals surface area contributed by atoms with Gasteiger partial charge in [-0.25, -0.2) is 8.78 Å². The Hall–Kier alpha value is -1.98. The summed E-state index contributed by atoms with van der Waals surface area (Å²) in [4.78, 5) is 23.6. The SMILES string of the molecule is CCN(CCC(=O)O)C(=O)Cc1cc(F)ccc1F. The quantitative estimate of drug-likeness (QED) is 0.858. The molecule has 1 aromatic carbocycles. The second-order valence-corrected chi connectivity index (χ2v) is 4.03. The molecule has 104 valence electrons. The third kappa shape index (κ3) is 4.65. The van der Waals surface area contributed by atoms with E-state index in [2.05, 4.69) is 0 Å². The summed E-state index contributed by atoms with van der Waals surface area (Å²) in [5.41, 5.74) is -0.0289. The van der Waals surface area contributed by atoms with Crippen molar-refractivity contribution in [3.8, 4) is 0 Å². The van der Waals surface area contributed by atoms with Crippen molar-refractivity contribution in [1.82, 2.24) is 4.90 Å². The molecule has 0 atom stereocenters. The number of carbonyl (C=O) groups is 2. The molecule has 0 spiro atoms. The topological polar surface area (TPSA) is 57.6 Å². The molecule has 0 unspecified atom stereocenters. The molecular formula is C13H15F2NO3. The van der Waals surface area contributed by atoms with Gasteiger partial charge < -0.3 is 10.0 Å². The lowest BCUT2D eigenvalue weighted by Gasteiger charge is -2.20. The molecule has 0 saturated carbocycles. The number of halogens is 2. The predicted molar refractivity (Wildman–Crippen MR) is 64.6 cm³/mol. The van der Waals surface area contributed by atoms with Crippen molar-refractivity contribution in [3.63, 3.8) is 0 Å². The Kier molecular flexibility index (Phi) is 5.41. The number of carbonyl (C=O) groups excluding carboxylic acids is 1. The number of amides is 1. The first-order valence-corrected chi connectivity index (χ1v) is 5.87. The first kappa shape index (κ1) is 15.1. The highest BCUT2D eigenvalue weighted by Gasteiger charge is 2.16. The van der Waals surface area contributed by atoms with Crippen LogP contribution in [0.3, 0.4) is 0 Å². The van der Waals surface area contributed by atoms with E-state index in [1.165, 1.54) is 4.90 Å². The molecule has 0 aliphatic rings. The molecule has 1 aromatic rings. The van der Waals surface area contributed by atoms with Crippen LogP contribution >= 0.6 is 0 Å². The van der Waals surface area contributed by atoms with Crippen LogP contribution in [0.5, 0.6) is 0 Å². The van der Waals surface area contributed by atoms with E-state index < -0.39 is 23.5 Å². The van der Waals surface area contributed by atoms with Crippen LogP contribution in [-0.4, -0.2) is 35.0 Å². The number of hydrogen-bond acceptors (Lipinski definition) is 2. The molecule has 6 heteroatoms. The summed E-state index contributed by atoms with van der Waals surface area (Å²) >= 11 is 0. The van der Waals surface area contributed by atoms with Crippen LogP contribution in [0.25, 0.3) is 0 Å². The minimum Gasteiger partial charge on any atom is -0.481 e. The van der Waals surface area contributed by atoms with E-state index in [1.54, 1.807) is 6.92 Å². The van der Waals surface area contributed by atoms with Gasteiger partial charge in [0.2, 0.25) is 5.91 Å². The Bertz CT molecular complexity index is 477. The van der Waals surface area contributed by atoms with E-state index in [4.69, 9.17) is 5.11 Å². The lowest BCUT2D eigenvalue weighted by Crippen LogP contribution is -2.34. The smallest absolute Gasteiger partial charge is 0.305 e. The Morgan fingerprint density at radius 2 is 2.00 bits per heavy atom. The molecule has 1 rings (SSSR count). The van der Waals surface area contributed by atoms with E-state index in [1.807, 2.05) is 0 Å². The normalized spacial score (nSPS) is 10.3. The molecule has 0 aromatic heterocycles. The summed E-state index contributed by atoms with van der Waals surface area (Å²) in [6, 6.07) is 2.91. The van der Waals surface area contributed by atoms with Gasteiger partial charge in [0.1, 0.15) is 11.6 Å². The second kappa shape index (κ2) is 6.82. The van der Waals surface area contributed by atoms with Crippen LogP contribution in [0.2, 0.25) is 0 Å².